The molecular weight excluding hydrogens is 322 g/mol. The molecule has 0 bridgehead atoms. The van der Waals surface area contributed by atoms with Crippen LogP contribution in [0.2, 0.25) is 0 Å². The van der Waals surface area contributed by atoms with E-state index in [9.17, 15) is 5.11 Å². The number of hydrogen-bond donors (Lipinski definition) is 1. The molecule has 2 rings (SSSR count). The molecule has 3 heteroatoms. The summed E-state index contributed by atoms with van der Waals surface area (Å²) < 4.78 is 0. The van der Waals surface area contributed by atoms with Crippen LogP contribution in [-0.2, 0) is 33.1 Å². The van der Waals surface area contributed by atoms with Gasteiger partial charge in [-0.1, -0.05) is 6.20 Å². The average molecular weight is 332 g/mol. The van der Waals surface area contributed by atoms with E-state index < -0.39 is 5.60 Å². The Bertz CT molecular complexity index is 286. The van der Waals surface area contributed by atoms with Crippen molar-refractivity contribution in [3.63, 3.8) is 0 Å². The van der Waals surface area contributed by atoms with E-state index in [0.29, 0.717) is 0 Å². The minimum absolute atomic E-state index is 0. The molecule has 12 heavy (non-hydrogen) atoms. The van der Waals surface area contributed by atoms with E-state index >= 15 is 0 Å². The van der Waals surface area contributed by atoms with Crippen molar-refractivity contribution >= 4 is 0 Å². The van der Waals surface area contributed by atoms with Crippen LogP contribution < -0.4 is 0 Å². The molecule has 1 aliphatic rings. The molecule has 1 N–H and O–H groups in total. The van der Waals surface area contributed by atoms with Crippen LogP contribution >= 0.6 is 0 Å². The monoisotopic (exact) mass is 332 g/mol. The Morgan fingerprint density at radius 1 is 1.67 bits per heavy atom. The normalized spacial score (nSPS) is 26.2. The van der Waals surface area contributed by atoms with Gasteiger partial charge in [0.25, 0.3) is 0 Å². The topological polar surface area (TPSA) is 33.1 Å². The van der Waals surface area contributed by atoms with Crippen molar-refractivity contribution in [2.45, 2.75) is 25.4 Å². The zero-order chi connectivity index (χ0) is 7.90. The van der Waals surface area contributed by atoms with Gasteiger partial charge in [0.2, 0.25) is 0 Å². The summed E-state index contributed by atoms with van der Waals surface area (Å²) in [4.78, 5) is 4.13. The Morgan fingerprint density at radius 2 is 2.42 bits per heavy atom. The molecule has 1 atom stereocenters. The quantitative estimate of drug-likeness (QED) is 0.720. The average Bonchev–Trinajstić information content (AvgIpc) is 2.29. The van der Waals surface area contributed by atoms with Gasteiger partial charge in [-0.2, -0.15) is 12.1 Å². The molecule has 0 aromatic carbocycles. The van der Waals surface area contributed by atoms with Crippen molar-refractivity contribution in [2.75, 3.05) is 0 Å². The van der Waals surface area contributed by atoms with E-state index in [2.05, 4.69) is 11.1 Å². The van der Waals surface area contributed by atoms with Crippen LogP contribution in [0.15, 0.2) is 12.3 Å². The Balaban J connectivity index is 0.000000720. The van der Waals surface area contributed by atoms with Gasteiger partial charge in [-0.25, -0.2) is 0 Å². The van der Waals surface area contributed by atoms with Crippen molar-refractivity contribution in [3.8, 4) is 0 Å². The second-order valence-corrected chi connectivity index (χ2v) is 3.19. The Hall–Kier alpha value is -0.202. The van der Waals surface area contributed by atoms with Crippen molar-refractivity contribution in [3.05, 3.63) is 29.6 Å². The third kappa shape index (κ3) is 1.46. The van der Waals surface area contributed by atoms with E-state index in [1.165, 1.54) is 0 Å². The maximum Gasteiger partial charge on any atom is 0.0599 e. The van der Waals surface area contributed by atoms with Crippen LogP contribution in [0, 0.1) is 6.07 Å². The molecule has 1 aromatic heterocycles. The summed E-state index contributed by atoms with van der Waals surface area (Å²) in [6.45, 7) is 1.81. The van der Waals surface area contributed by atoms with Gasteiger partial charge >= 0.3 is 0 Å². The molecule has 0 aliphatic heterocycles. The van der Waals surface area contributed by atoms with Gasteiger partial charge < -0.3 is 10.1 Å². The second kappa shape index (κ2) is 3.27. The molecule has 1 unspecified atom stereocenters. The summed E-state index contributed by atoms with van der Waals surface area (Å²) in [5, 5.41) is 9.76. The molecule has 1 aliphatic carbocycles. The predicted molar refractivity (Wildman–Crippen MR) is 41.0 cm³/mol. The minimum atomic E-state index is -0.715. The van der Waals surface area contributed by atoms with Crippen LogP contribution in [0.4, 0.5) is 0 Å². The van der Waals surface area contributed by atoms with Gasteiger partial charge in [0.05, 0.1) is 5.60 Å². The Morgan fingerprint density at radius 3 is 3.08 bits per heavy atom. The molecule has 0 saturated heterocycles. The summed E-state index contributed by atoms with van der Waals surface area (Å²) in [5.41, 5.74) is 1.16. The van der Waals surface area contributed by atoms with Gasteiger partial charge in [0, 0.05) is 21.1 Å². The van der Waals surface area contributed by atoms with Crippen molar-refractivity contribution in [1.29, 1.82) is 0 Å². The van der Waals surface area contributed by atoms with Gasteiger partial charge in [-0.05, 0) is 25.5 Å². The van der Waals surface area contributed by atoms with E-state index in [0.717, 1.165) is 24.1 Å². The molecule has 64 valence electrons. The van der Waals surface area contributed by atoms with E-state index in [-0.39, 0.29) is 21.1 Å². The van der Waals surface area contributed by atoms with Gasteiger partial charge in [0.1, 0.15) is 0 Å². The number of rotatable bonds is 0. The van der Waals surface area contributed by atoms with Gasteiger partial charge in [0.15, 0.2) is 0 Å². The Kier molecular flexibility index (Phi) is 2.70. The molecule has 0 radical (unpaired) electrons. The van der Waals surface area contributed by atoms with Crippen molar-refractivity contribution < 1.29 is 26.2 Å². The molecule has 0 amide bonds. The third-order valence-corrected chi connectivity index (χ3v) is 2.19. The first-order valence-electron chi connectivity index (χ1n) is 3.78. The Labute approximate surface area is 86.3 Å². The maximum atomic E-state index is 9.76. The van der Waals surface area contributed by atoms with Crippen LogP contribution in [0.25, 0.3) is 0 Å². The molecule has 1 aromatic rings. The largest absolute Gasteiger partial charge is 0.396 e. The fraction of sp³-hybridized carbons (Fsp3) is 0.444. The fourth-order valence-corrected chi connectivity index (χ4v) is 1.54. The number of aromatic nitrogens is 1. The summed E-state index contributed by atoms with van der Waals surface area (Å²) in [6, 6.07) is 4.87. The van der Waals surface area contributed by atoms with Crippen molar-refractivity contribution in [1.82, 2.24) is 4.98 Å². The number of aryl methyl sites for hydroxylation is 1. The smallest absolute Gasteiger partial charge is 0.0599 e. The summed E-state index contributed by atoms with van der Waals surface area (Å²) in [7, 11) is 0. The fourth-order valence-electron chi connectivity index (χ4n) is 1.54. The standard InChI is InChI=1S/C9H10NO.W/c1-9(11)5-4-7-3-2-6-10-8(7)9;/h2,6,11H,4-5H2,1H3;/q-1;. The van der Waals surface area contributed by atoms with Crippen LogP contribution in [-0.4, -0.2) is 10.1 Å². The summed E-state index contributed by atoms with van der Waals surface area (Å²) >= 11 is 0. The van der Waals surface area contributed by atoms with Crippen LogP contribution in [0.3, 0.4) is 0 Å². The SMILES string of the molecule is CC1(O)CCc2[c-]ccnc21.[W]. The molecule has 1 heterocycles. The van der Waals surface area contributed by atoms with Crippen LogP contribution in [0.5, 0.6) is 0 Å². The first kappa shape index (κ1) is 9.88. The minimum Gasteiger partial charge on any atom is -0.396 e. The molecule has 0 fully saturated rings. The summed E-state index contributed by atoms with van der Waals surface area (Å²) in [5.74, 6) is 0. The van der Waals surface area contributed by atoms with Gasteiger partial charge in [-0.15, -0.1) is 5.56 Å². The number of aliphatic hydroxyl groups is 1. The summed E-state index contributed by atoms with van der Waals surface area (Å²) in [6.07, 6.45) is 3.35. The number of pyridine rings is 1. The molecule has 0 saturated carbocycles. The van der Waals surface area contributed by atoms with E-state index in [1.807, 2.05) is 0 Å². The van der Waals surface area contributed by atoms with Crippen molar-refractivity contribution in [2.24, 2.45) is 0 Å². The first-order chi connectivity index (χ1) is 5.20. The molecule has 0 spiro atoms. The predicted octanol–water partition coefficient (Wildman–Crippen LogP) is 1.03. The molecule has 2 nitrogen and oxygen atoms in total. The van der Waals surface area contributed by atoms with E-state index in [1.54, 1.807) is 19.2 Å². The number of fused-ring (bicyclic) bond motifs is 1. The molecular formula is C9H10NOW-. The second-order valence-electron chi connectivity index (χ2n) is 3.19. The zero-order valence-corrected chi connectivity index (χ0v) is 9.80. The number of hydrogen-bond acceptors (Lipinski definition) is 2. The first-order valence-corrected chi connectivity index (χ1v) is 3.78. The zero-order valence-electron chi connectivity index (χ0n) is 6.87. The van der Waals surface area contributed by atoms with Gasteiger partial charge in [-0.3, -0.25) is 0 Å². The third-order valence-electron chi connectivity index (χ3n) is 2.19. The van der Waals surface area contributed by atoms with E-state index in [4.69, 9.17) is 0 Å². The number of nitrogens with zero attached hydrogens (tertiary/aromatic N) is 1. The maximum absolute atomic E-state index is 9.76. The van der Waals surface area contributed by atoms with Crippen LogP contribution in [0.1, 0.15) is 24.6 Å².